The summed E-state index contributed by atoms with van der Waals surface area (Å²) in [5.41, 5.74) is 1.40. The first-order valence-electron chi connectivity index (χ1n) is 8.04. The SMILES string of the molecule is COc1ccc(-c2noc(COC(=O)Cc3cc(Cl)ccc3OC)n2)cc1. The van der Waals surface area contributed by atoms with Gasteiger partial charge in [0.2, 0.25) is 5.82 Å². The Morgan fingerprint density at radius 2 is 1.89 bits per heavy atom. The summed E-state index contributed by atoms with van der Waals surface area (Å²) in [5.74, 6) is 1.44. The quantitative estimate of drug-likeness (QED) is 0.570. The molecule has 3 aromatic rings. The zero-order valence-corrected chi connectivity index (χ0v) is 15.5. The van der Waals surface area contributed by atoms with Gasteiger partial charge in [-0.1, -0.05) is 16.8 Å². The highest BCUT2D eigenvalue weighted by atomic mass is 35.5. The highest BCUT2D eigenvalue weighted by Crippen LogP contribution is 2.24. The molecule has 0 atom stereocenters. The van der Waals surface area contributed by atoms with Crippen LogP contribution >= 0.6 is 11.6 Å². The molecule has 3 rings (SSSR count). The van der Waals surface area contributed by atoms with Gasteiger partial charge in [-0.2, -0.15) is 4.98 Å². The Morgan fingerprint density at radius 1 is 1.11 bits per heavy atom. The van der Waals surface area contributed by atoms with Crippen molar-refractivity contribution < 1.29 is 23.5 Å². The van der Waals surface area contributed by atoms with Gasteiger partial charge >= 0.3 is 5.97 Å². The Morgan fingerprint density at radius 3 is 2.59 bits per heavy atom. The van der Waals surface area contributed by atoms with Gasteiger partial charge in [-0.15, -0.1) is 0 Å². The van der Waals surface area contributed by atoms with Gasteiger partial charge < -0.3 is 18.7 Å². The summed E-state index contributed by atoms with van der Waals surface area (Å²) in [6.45, 7) is -0.120. The van der Waals surface area contributed by atoms with Crippen molar-refractivity contribution in [1.29, 1.82) is 0 Å². The van der Waals surface area contributed by atoms with Crippen LogP contribution < -0.4 is 9.47 Å². The molecule has 1 aromatic heterocycles. The summed E-state index contributed by atoms with van der Waals surface area (Å²) >= 11 is 5.96. The number of benzene rings is 2. The second-order valence-electron chi connectivity index (χ2n) is 5.53. The largest absolute Gasteiger partial charge is 0.497 e. The van der Waals surface area contributed by atoms with Crippen molar-refractivity contribution in [2.45, 2.75) is 13.0 Å². The number of nitrogens with zero attached hydrogens (tertiary/aromatic N) is 2. The fraction of sp³-hybridized carbons (Fsp3) is 0.211. The smallest absolute Gasteiger partial charge is 0.310 e. The number of aromatic nitrogens is 2. The second-order valence-corrected chi connectivity index (χ2v) is 5.97. The van der Waals surface area contributed by atoms with Crippen LogP contribution in [0.2, 0.25) is 5.02 Å². The molecule has 0 bridgehead atoms. The van der Waals surface area contributed by atoms with Crippen molar-refractivity contribution in [3.63, 3.8) is 0 Å². The standard InChI is InChI=1S/C19H17ClN2O5/c1-24-15-6-3-12(4-7-15)19-21-17(27-22-19)11-26-18(23)10-13-9-14(20)5-8-16(13)25-2/h3-9H,10-11H2,1-2H3. The van der Waals surface area contributed by atoms with Gasteiger partial charge in [0.05, 0.1) is 20.6 Å². The predicted octanol–water partition coefficient (Wildman–Crippen LogP) is 3.69. The van der Waals surface area contributed by atoms with Crippen LogP contribution in [-0.2, 0) is 22.6 Å². The highest BCUT2D eigenvalue weighted by molar-refractivity contribution is 6.30. The fourth-order valence-electron chi connectivity index (χ4n) is 2.40. The molecule has 0 saturated carbocycles. The molecule has 0 aliphatic heterocycles. The summed E-state index contributed by atoms with van der Waals surface area (Å²) in [5, 5.41) is 4.40. The van der Waals surface area contributed by atoms with E-state index in [-0.39, 0.29) is 18.9 Å². The summed E-state index contributed by atoms with van der Waals surface area (Å²) < 4.78 is 20.7. The van der Waals surface area contributed by atoms with E-state index in [1.54, 1.807) is 37.4 Å². The molecular weight excluding hydrogens is 372 g/mol. The zero-order valence-electron chi connectivity index (χ0n) is 14.8. The minimum atomic E-state index is -0.459. The molecule has 0 fully saturated rings. The molecule has 8 heteroatoms. The van der Waals surface area contributed by atoms with Crippen LogP contribution in [0.25, 0.3) is 11.4 Å². The van der Waals surface area contributed by atoms with E-state index in [9.17, 15) is 4.79 Å². The molecule has 0 aliphatic rings. The molecule has 0 saturated heterocycles. The number of carbonyl (C=O) groups excluding carboxylic acids is 1. The average molecular weight is 389 g/mol. The molecule has 140 valence electrons. The average Bonchev–Trinajstić information content (AvgIpc) is 3.16. The molecule has 0 amide bonds. The molecular formula is C19H17ClN2O5. The van der Waals surface area contributed by atoms with Crippen molar-refractivity contribution in [3.8, 4) is 22.9 Å². The van der Waals surface area contributed by atoms with Gasteiger partial charge in [-0.3, -0.25) is 4.79 Å². The Labute approximate surface area is 160 Å². The minimum Gasteiger partial charge on any atom is -0.497 e. The first kappa shape index (κ1) is 18.7. The lowest BCUT2D eigenvalue weighted by molar-refractivity contribution is -0.144. The van der Waals surface area contributed by atoms with Crippen LogP contribution in [0, 0.1) is 0 Å². The van der Waals surface area contributed by atoms with Crippen LogP contribution in [0.15, 0.2) is 47.0 Å². The van der Waals surface area contributed by atoms with Gasteiger partial charge in [0, 0.05) is 16.1 Å². The number of rotatable bonds is 7. The van der Waals surface area contributed by atoms with Crippen LogP contribution in [-0.4, -0.2) is 30.3 Å². The lowest BCUT2D eigenvalue weighted by atomic mass is 10.1. The number of esters is 1. The third kappa shape index (κ3) is 4.77. The van der Waals surface area contributed by atoms with Gasteiger partial charge in [0.15, 0.2) is 6.61 Å². The monoisotopic (exact) mass is 388 g/mol. The van der Waals surface area contributed by atoms with E-state index in [1.165, 1.54) is 7.11 Å². The van der Waals surface area contributed by atoms with Crippen LogP contribution in [0.4, 0.5) is 0 Å². The van der Waals surface area contributed by atoms with E-state index in [4.69, 9.17) is 30.3 Å². The number of methoxy groups -OCH3 is 2. The predicted molar refractivity (Wildman–Crippen MR) is 97.8 cm³/mol. The van der Waals surface area contributed by atoms with Crippen LogP contribution in [0.3, 0.4) is 0 Å². The third-order valence-corrected chi connectivity index (χ3v) is 3.99. The topological polar surface area (TPSA) is 83.7 Å². The first-order chi connectivity index (χ1) is 13.1. The van der Waals surface area contributed by atoms with Crippen molar-refractivity contribution in [2.24, 2.45) is 0 Å². The normalized spacial score (nSPS) is 10.5. The van der Waals surface area contributed by atoms with Crippen LogP contribution in [0.5, 0.6) is 11.5 Å². The summed E-state index contributed by atoms with van der Waals surface area (Å²) in [6, 6.07) is 12.3. The molecule has 0 unspecified atom stereocenters. The maximum atomic E-state index is 12.1. The van der Waals surface area contributed by atoms with Gasteiger partial charge in [-0.05, 0) is 42.5 Å². The molecule has 27 heavy (non-hydrogen) atoms. The number of hydrogen-bond donors (Lipinski definition) is 0. The van der Waals surface area contributed by atoms with E-state index in [0.717, 1.165) is 11.3 Å². The zero-order chi connectivity index (χ0) is 19.2. The van der Waals surface area contributed by atoms with Crippen molar-refractivity contribution in [2.75, 3.05) is 14.2 Å². The van der Waals surface area contributed by atoms with Gasteiger partial charge in [0.25, 0.3) is 5.89 Å². The van der Waals surface area contributed by atoms with Gasteiger partial charge in [0.1, 0.15) is 11.5 Å². The maximum Gasteiger partial charge on any atom is 0.310 e. The minimum absolute atomic E-state index is 0.0171. The molecule has 2 aromatic carbocycles. The Kier molecular flexibility index (Phi) is 5.93. The van der Waals surface area contributed by atoms with Crippen molar-refractivity contribution in [1.82, 2.24) is 10.1 Å². The maximum absolute atomic E-state index is 12.1. The van der Waals surface area contributed by atoms with Crippen molar-refractivity contribution in [3.05, 3.63) is 58.9 Å². The lowest BCUT2D eigenvalue weighted by Gasteiger charge is -2.08. The van der Waals surface area contributed by atoms with Crippen LogP contribution in [0.1, 0.15) is 11.5 Å². The summed E-state index contributed by atoms with van der Waals surface area (Å²) in [6.07, 6.45) is 0.0171. The van der Waals surface area contributed by atoms with Crippen molar-refractivity contribution >= 4 is 17.6 Å². The lowest BCUT2D eigenvalue weighted by Crippen LogP contribution is -2.09. The van der Waals surface area contributed by atoms with E-state index < -0.39 is 5.97 Å². The molecule has 7 nitrogen and oxygen atoms in total. The highest BCUT2D eigenvalue weighted by Gasteiger charge is 2.14. The number of carbonyl (C=O) groups is 1. The number of ether oxygens (including phenoxy) is 3. The van der Waals surface area contributed by atoms with E-state index >= 15 is 0 Å². The molecule has 0 radical (unpaired) electrons. The Hall–Kier alpha value is -3.06. The fourth-order valence-corrected chi connectivity index (χ4v) is 2.60. The number of halogens is 1. The molecule has 1 heterocycles. The van der Waals surface area contributed by atoms with E-state index in [2.05, 4.69) is 10.1 Å². The third-order valence-electron chi connectivity index (χ3n) is 3.75. The summed E-state index contributed by atoms with van der Waals surface area (Å²) in [4.78, 5) is 16.3. The van der Waals surface area contributed by atoms with Gasteiger partial charge in [-0.25, -0.2) is 0 Å². The Balaban J connectivity index is 1.59. The van der Waals surface area contributed by atoms with E-state index in [1.807, 2.05) is 12.1 Å². The molecule has 0 N–H and O–H groups in total. The van der Waals surface area contributed by atoms with E-state index in [0.29, 0.717) is 22.2 Å². The second kappa shape index (κ2) is 8.55. The molecule has 0 aliphatic carbocycles. The first-order valence-corrected chi connectivity index (χ1v) is 8.42. The summed E-state index contributed by atoms with van der Waals surface area (Å²) in [7, 11) is 3.12. The Bertz CT molecular complexity index is 924. The molecule has 0 spiro atoms. The number of hydrogen-bond acceptors (Lipinski definition) is 7.